The summed E-state index contributed by atoms with van der Waals surface area (Å²) >= 11 is 0. The lowest BCUT2D eigenvalue weighted by Crippen LogP contribution is -2.46. The van der Waals surface area contributed by atoms with Gasteiger partial charge >= 0.3 is 0 Å². The van der Waals surface area contributed by atoms with Crippen molar-refractivity contribution in [3.63, 3.8) is 0 Å². The Morgan fingerprint density at radius 3 is 2.58 bits per heavy atom. The van der Waals surface area contributed by atoms with Crippen LogP contribution in [-0.4, -0.2) is 47.0 Å². The molecule has 1 aromatic heterocycles. The predicted octanol–water partition coefficient (Wildman–Crippen LogP) is 4.17. The number of aromatic nitrogens is 1. The normalized spacial score (nSPS) is 17.3. The van der Waals surface area contributed by atoms with Gasteiger partial charge in [0, 0.05) is 45.1 Å². The van der Waals surface area contributed by atoms with E-state index in [1.165, 1.54) is 6.07 Å². The number of hydrogen-bond acceptors (Lipinski definition) is 6. The number of rotatable bonds is 4. The van der Waals surface area contributed by atoms with Gasteiger partial charge in [-0.1, -0.05) is 12.1 Å². The first-order valence-electron chi connectivity index (χ1n) is 10.9. The van der Waals surface area contributed by atoms with E-state index in [9.17, 15) is 14.3 Å². The van der Waals surface area contributed by atoms with Crippen LogP contribution in [0.2, 0.25) is 0 Å². The Kier molecular flexibility index (Phi) is 5.56. The number of hydrogen-bond donors (Lipinski definition) is 1. The molecular formula is C26H24FN3O3. The first-order valence-corrected chi connectivity index (χ1v) is 10.9. The number of ketones is 1. The Morgan fingerprint density at radius 1 is 1.12 bits per heavy atom. The van der Waals surface area contributed by atoms with Crippen LogP contribution >= 0.6 is 0 Å². The number of phenols is 1. The van der Waals surface area contributed by atoms with E-state index in [0.717, 1.165) is 5.56 Å². The Morgan fingerprint density at radius 2 is 1.85 bits per heavy atom. The van der Waals surface area contributed by atoms with E-state index in [2.05, 4.69) is 9.88 Å². The third-order valence-corrected chi connectivity index (χ3v) is 6.17. The number of carbonyl (C=O) groups excluding carboxylic acids is 1. The molecule has 5 rings (SSSR count). The van der Waals surface area contributed by atoms with Gasteiger partial charge in [0.15, 0.2) is 5.76 Å². The van der Waals surface area contributed by atoms with Crippen LogP contribution in [0.25, 0.3) is 6.08 Å². The van der Waals surface area contributed by atoms with E-state index in [1.54, 1.807) is 55.7 Å². The number of anilines is 1. The number of benzene rings is 2. The molecule has 3 heterocycles. The quantitative estimate of drug-likeness (QED) is 0.608. The molecule has 0 unspecified atom stereocenters. The Balaban J connectivity index is 1.37. The zero-order valence-electron chi connectivity index (χ0n) is 18.3. The van der Waals surface area contributed by atoms with Crippen molar-refractivity contribution in [3.8, 4) is 11.5 Å². The maximum atomic E-state index is 14.1. The van der Waals surface area contributed by atoms with Gasteiger partial charge in [0.2, 0.25) is 5.78 Å². The second-order valence-electron chi connectivity index (χ2n) is 8.33. The number of para-hydroxylation sites is 1. The minimum Gasteiger partial charge on any atom is -0.507 e. The van der Waals surface area contributed by atoms with Gasteiger partial charge in [-0.2, -0.15) is 0 Å². The minimum atomic E-state index is -0.222. The first kappa shape index (κ1) is 21.2. The summed E-state index contributed by atoms with van der Waals surface area (Å²) in [6, 6.07) is 12.0. The van der Waals surface area contributed by atoms with Crippen LogP contribution in [-0.2, 0) is 6.54 Å². The fourth-order valence-corrected chi connectivity index (χ4v) is 4.42. The molecule has 0 aliphatic carbocycles. The lowest BCUT2D eigenvalue weighted by atomic mass is 9.99. The Labute approximate surface area is 191 Å². The van der Waals surface area contributed by atoms with Crippen molar-refractivity contribution in [1.29, 1.82) is 0 Å². The van der Waals surface area contributed by atoms with Crippen molar-refractivity contribution in [2.24, 2.45) is 0 Å². The van der Waals surface area contributed by atoms with E-state index in [1.807, 2.05) is 11.0 Å². The van der Waals surface area contributed by atoms with Crippen LogP contribution in [0, 0.1) is 12.7 Å². The molecule has 1 N–H and O–H groups in total. The molecule has 0 radical (unpaired) electrons. The summed E-state index contributed by atoms with van der Waals surface area (Å²) in [6.45, 7) is 4.97. The maximum absolute atomic E-state index is 14.1. The molecular weight excluding hydrogens is 421 g/mol. The maximum Gasteiger partial charge on any atom is 0.232 e. The van der Waals surface area contributed by atoms with Gasteiger partial charge in [0.25, 0.3) is 0 Å². The van der Waals surface area contributed by atoms with Gasteiger partial charge in [-0.15, -0.1) is 0 Å². The van der Waals surface area contributed by atoms with Gasteiger partial charge in [-0.05, 0) is 54.5 Å². The Hall–Kier alpha value is -3.71. The summed E-state index contributed by atoms with van der Waals surface area (Å²) in [4.78, 5) is 21.3. The van der Waals surface area contributed by atoms with Crippen LogP contribution in [0.5, 0.6) is 11.5 Å². The van der Waals surface area contributed by atoms with E-state index in [-0.39, 0.29) is 23.1 Å². The molecule has 33 heavy (non-hydrogen) atoms. The number of piperazine rings is 1. The largest absolute Gasteiger partial charge is 0.507 e. The highest BCUT2D eigenvalue weighted by atomic mass is 19.1. The third kappa shape index (κ3) is 4.07. The summed E-state index contributed by atoms with van der Waals surface area (Å²) in [5, 5.41) is 10.7. The van der Waals surface area contributed by atoms with Gasteiger partial charge in [-0.3, -0.25) is 14.7 Å². The van der Waals surface area contributed by atoms with Gasteiger partial charge in [-0.25, -0.2) is 4.39 Å². The smallest absolute Gasteiger partial charge is 0.232 e. The molecule has 6 nitrogen and oxygen atoms in total. The van der Waals surface area contributed by atoms with Crippen LogP contribution in [0.1, 0.15) is 27.0 Å². The van der Waals surface area contributed by atoms with Crippen molar-refractivity contribution in [2.75, 3.05) is 31.1 Å². The second kappa shape index (κ2) is 8.67. The average Bonchev–Trinajstić information content (AvgIpc) is 3.14. The van der Waals surface area contributed by atoms with Crippen molar-refractivity contribution in [2.45, 2.75) is 13.5 Å². The van der Waals surface area contributed by atoms with Crippen LogP contribution in [0.3, 0.4) is 0 Å². The molecule has 2 aliphatic heterocycles. The number of aryl methyl sites for hydroxylation is 1. The molecule has 0 spiro atoms. The molecule has 7 heteroatoms. The summed E-state index contributed by atoms with van der Waals surface area (Å²) in [7, 11) is 0. The van der Waals surface area contributed by atoms with Crippen molar-refractivity contribution >= 4 is 17.5 Å². The highest BCUT2D eigenvalue weighted by molar-refractivity contribution is 6.15. The number of nitrogens with zero attached hydrogens (tertiary/aromatic N) is 3. The highest BCUT2D eigenvalue weighted by Crippen LogP contribution is 2.42. The third-order valence-electron chi connectivity index (χ3n) is 6.17. The number of carbonyl (C=O) groups is 1. The molecule has 0 bridgehead atoms. The molecule has 1 fully saturated rings. The summed E-state index contributed by atoms with van der Waals surface area (Å²) in [6.07, 6.45) is 5.00. The van der Waals surface area contributed by atoms with Crippen molar-refractivity contribution in [3.05, 3.63) is 88.7 Å². The predicted molar refractivity (Wildman–Crippen MR) is 124 cm³/mol. The van der Waals surface area contributed by atoms with E-state index in [4.69, 9.17) is 4.74 Å². The van der Waals surface area contributed by atoms with E-state index in [0.29, 0.717) is 60.9 Å². The molecule has 0 saturated carbocycles. The number of fused-ring (bicyclic) bond motifs is 1. The van der Waals surface area contributed by atoms with Crippen LogP contribution < -0.4 is 9.64 Å². The minimum absolute atomic E-state index is 0.112. The molecule has 2 aromatic carbocycles. The summed E-state index contributed by atoms with van der Waals surface area (Å²) in [5.74, 6) is 0.357. The monoisotopic (exact) mass is 445 g/mol. The lowest BCUT2D eigenvalue weighted by Gasteiger charge is -2.36. The SMILES string of the molecule is Cc1cc(O)c(CN2CCN(c3ccccc3F)CC2)c2c1C(=O)/C(=C/c1ccncc1)O2. The van der Waals surface area contributed by atoms with Crippen molar-refractivity contribution in [1.82, 2.24) is 9.88 Å². The summed E-state index contributed by atoms with van der Waals surface area (Å²) in [5.41, 5.74) is 3.19. The fourth-order valence-electron chi connectivity index (χ4n) is 4.42. The van der Waals surface area contributed by atoms with Gasteiger partial charge in [0.05, 0.1) is 16.8 Å². The summed E-state index contributed by atoms with van der Waals surface area (Å²) < 4.78 is 20.2. The van der Waals surface area contributed by atoms with Crippen LogP contribution in [0.4, 0.5) is 10.1 Å². The lowest BCUT2D eigenvalue weighted by molar-refractivity contribution is 0.101. The molecule has 2 aliphatic rings. The number of allylic oxidation sites excluding steroid dienone is 1. The van der Waals surface area contributed by atoms with Gasteiger partial charge < -0.3 is 14.7 Å². The topological polar surface area (TPSA) is 65.9 Å². The first-order chi connectivity index (χ1) is 16.0. The van der Waals surface area contributed by atoms with Gasteiger partial charge in [0.1, 0.15) is 17.3 Å². The highest BCUT2D eigenvalue weighted by Gasteiger charge is 2.34. The number of halogens is 1. The van der Waals surface area contributed by atoms with E-state index >= 15 is 0 Å². The van der Waals surface area contributed by atoms with Crippen LogP contribution in [0.15, 0.2) is 60.6 Å². The molecule has 0 amide bonds. The second-order valence-corrected chi connectivity index (χ2v) is 8.33. The van der Waals surface area contributed by atoms with Crippen molar-refractivity contribution < 1.29 is 19.0 Å². The zero-order chi connectivity index (χ0) is 22.9. The number of Topliss-reactive ketones (excluding diaryl/α,β-unsaturated/α-hetero) is 1. The zero-order valence-corrected chi connectivity index (χ0v) is 18.3. The Bertz CT molecular complexity index is 1240. The number of pyridine rings is 1. The number of aromatic hydroxyl groups is 1. The average molecular weight is 445 g/mol. The molecule has 1 saturated heterocycles. The molecule has 3 aromatic rings. The standard InChI is InChI=1S/C26H24FN3O3/c1-17-14-22(31)19(16-29-10-12-30(13-11-29)21-5-3-2-4-20(21)27)26-24(17)25(32)23(33-26)15-18-6-8-28-9-7-18/h2-9,14-15,31H,10-13,16H2,1H3/b23-15-. The number of ether oxygens (including phenoxy) is 1. The molecule has 168 valence electrons. The fraction of sp³-hybridized carbons (Fsp3) is 0.231. The number of phenolic OH excluding ortho intramolecular Hbond substituents is 1. The van der Waals surface area contributed by atoms with E-state index < -0.39 is 0 Å². The molecule has 0 atom stereocenters.